The molecule has 1 N–H and O–H groups in total. The zero-order chi connectivity index (χ0) is 16.6. The summed E-state index contributed by atoms with van der Waals surface area (Å²) >= 11 is 0. The smallest absolute Gasteiger partial charge is 0.220 e. The van der Waals surface area contributed by atoms with Crippen LogP contribution in [-0.4, -0.2) is 43.7 Å². The standard InChI is InChI=1S/C19H24N2O3/c22-19(9-8-17-7-4-12-24-17)20-15-18(16-5-2-1-3-6-16)21-10-13-23-14-11-21/h1-7,12,18H,8-11,13-15H2,(H,20,22). The molecule has 1 saturated heterocycles. The Hall–Kier alpha value is -2.11. The van der Waals surface area contributed by atoms with Gasteiger partial charge in [0.15, 0.2) is 0 Å². The van der Waals surface area contributed by atoms with Crippen molar-refractivity contribution in [1.29, 1.82) is 0 Å². The summed E-state index contributed by atoms with van der Waals surface area (Å²) in [6.07, 6.45) is 2.71. The van der Waals surface area contributed by atoms with Crippen LogP contribution in [0.1, 0.15) is 23.8 Å². The zero-order valence-corrected chi connectivity index (χ0v) is 13.8. The average molecular weight is 328 g/mol. The summed E-state index contributed by atoms with van der Waals surface area (Å²) in [5, 5.41) is 3.08. The molecular formula is C19H24N2O3. The number of hydrogen-bond donors (Lipinski definition) is 1. The van der Waals surface area contributed by atoms with Gasteiger partial charge in [0.25, 0.3) is 0 Å². The van der Waals surface area contributed by atoms with Crippen molar-refractivity contribution in [3.05, 3.63) is 60.1 Å². The monoisotopic (exact) mass is 328 g/mol. The Morgan fingerprint density at radius 2 is 1.92 bits per heavy atom. The number of aryl methyl sites for hydroxylation is 1. The molecule has 0 aliphatic carbocycles. The SMILES string of the molecule is O=C(CCc1ccco1)NCC(c1ccccc1)N1CCOCC1. The first-order valence-electron chi connectivity index (χ1n) is 8.49. The lowest BCUT2D eigenvalue weighted by atomic mass is 10.0. The first-order chi connectivity index (χ1) is 11.8. The lowest BCUT2D eigenvalue weighted by Gasteiger charge is -2.35. The molecule has 1 unspecified atom stereocenters. The van der Waals surface area contributed by atoms with E-state index in [1.165, 1.54) is 5.56 Å². The molecule has 2 aromatic rings. The van der Waals surface area contributed by atoms with E-state index in [0.717, 1.165) is 32.1 Å². The Balaban J connectivity index is 1.56. The number of carbonyl (C=O) groups excluding carboxylic acids is 1. The van der Waals surface area contributed by atoms with Crippen LogP contribution in [0.4, 0.5) is 0 Å². The molecule has 2 heterocycles. The number of carbonyl (C=O) groups is 1. The van der Waals surface area contributed by atoms with Crippen LogP contribution in [0.5, 0.6) is 0 Å². The van der Waals surface area contributed by atoms with E-state index >= 15 is 0 Å². The van der Waals surface area contributed by atoms with Gasteiger partial charge in [0.2, 0.25) is 5.91 Å². The van der Waals surface area contributed by atoms with Gasteiger partial charge < -0.3 is 14.5 Å². The summed E-state index contributed by atoms with van der Waals surface area (Å²) in [6.45, 7) is 3.89. The molecule has 1 atom stereocenters. The molecule has 128 valence electrons. The summed E-state index contributed by atoms with van der Waals surface area (Å²) in [4.78, 5) is 14.5. The van der Waals surface area contributed by atoms with Crippen LogP contribution in [-0.2, 0) is 16.0 Å². The number of furan rings is 1. The molecule has 1 aromatic carbocycles. The lowest BCUT2D eigenvalue weighted by Crippen LogP contribution is -2.43. The Morgan fingerprint density at radius 3 is 2.62 bits per heavy atom. The lowest BCUT2D eigenvalue weighted by molar-refractivity contribution is -0.121. The Morgan fingerprint density at radius 1 is 1.12 bits per heavy atom. The number of benzene rings is 1. The predicted octanol–water partition coefficient (Wildman–Crippen LogP) is 2.40. The van der Waals surface area contributed by atoms with Crippen molar-refractivity contribution in [1.82, 2.24) is 10.2 Å². The van der Waals surface area contributed by atoms with E-state index in [1.54, 1.807) is 6.26 Å². The number of ether oxygens (including phenoxy) is 1. The van der Waals surface area contributed by atoms with Gasteiger partial charge in [0.05, 0.1) is 25.5 Å². The molecule has 24 heavy (non-hydrogen) atoms. The summed E-state index contributed by atoms with van der Waals surface area (Å²) in [5.41, 5.74) is 1.23. The Bertz CT molecular complexity index is 607. The van der Waals surface area contributed by atoms with E-state index in [2.05, 4.69) is 22.3 Å². The van der Waals surface area contributed by atoms with Crippen molar-refractivity contribution in [3.63, 3.8) is 0 Å². The number of amides is 1. The van der Waals surface area contributed by atoms with E-state index < -0.39 is 0 Å². The minimum absolute atomic E-state index is 0.0561. The second kappa shape index (κ2) is 8.66. The molecule has 1 fully saturated rings. The molecule has 1 aliphatic rings. The van der Waals surface area contributed by atoms with Crippen molar-refractivity contribution >= 4 is 5.91 Å². The number of nitrogens with zero attached hydrogens (tertiary/aromatic N) is 1. The third kappa shape index (κ3) is 4.69. The summed E-state index contributed by atoms with van der Waals surface area (Å²) in [6, 6.07) is 14.3. The van der Waals surface area contributed by atoms with Crippen molar-refractivity contribution in [2.75, 3.05) is 32.8 Å². The second-order valence-corrected chi connectivity index (χ2v) is 5.96. The quantitative estimate of drug-likeness (QED) is 0.848. The van der Waals surface area contributed by atoms with Crippen LogP contribution in [0.25, 0.3) is 0 Å². The molecule has 1 amide bonds. The molecule has 0 spiro atoms. The first-order valence-corrected chi connectivity index (χ1v) is 8.49. The van der Waals surface area contributed by atoms with Crippen LogP contribution in [0, 0.1) is 0 Å². The van der Waals surface area contributed by atoms with Gasteiger partial charge in [0.1, 0.15) is 5.76 Å². The van der Waals surface area contributed by atoms with E-state index in [1.807, 2.05) is 30.3 Å². The molecule has 3 rings (SSSR count). The van der Waals surface area contributed by atoms with E-state index in [-0.39, 0.29) is 11.9 Å². The van der Waals surface area contributed by atoms with Crippen molar-refractivity contribution in [2.45, 2.75) is 18.9 Å². The fourth-order valence-corrected chi connectivity index (χ4v) is 3.01. The van der Waals surface area contributed by atoms with E-state index in [0.29, 0.717) is 19.4 Å². The highest BCUT2D eigenvalue weighted by Gasteiger charge is 2.22. The van der Waals surface area contributed by atoms with Gasteiger partial charge in [-0.1, -0.05) is 30.3 Å². The van der Waals surface area contributed by atoms with Crippen molar-refractivity contribution < 1.29 is 13.9 Å². The van der Waals surface area contributed by atoms with Gasteiger partial charge in [-0.2, -0.15) is 0 Å². The zero-order valence-electron chi connectivity index (χ0n) is 13.8. The maximum atomic E-state index is 12.2. The number of morpholine rings is 1. The largest absolute Gasteiger partial charge is 0.469 e. The summed E-state index contributed by atoms with van der Waals surface area (Å²) in [5.74, 6) is 0.901. The molecular weight excluding hydrogens is 304 g/mol. The van der Waals surface area contributed by atoms with Gasteiger partial charge in [-0.25, -0.2) is 0 Å². The maximum Gasteiger partial charge on any atom is 0.220 e. The number of nitrogens with one attached hydrogen (secondary N) is 1. The summed E-state index contributed by atoms with van der Waals surface area (Å²) in [7, 11) is 0. The molecule has 5 heteroatoms. The van der Waals surface area contributed by atoms with Crippen LogP contribution in [0.2, 0.25) is 0 Å². The predicted molar refractivity (Wildman–Crippen MR) is 91.6 cm³/mol. The Kier molecular flexibility index (Phi) is 6.04. The highest BCUT2D eigenvalue weighted by Crippen LogP contribution is 2.21. The minimum Gasteiger partial charge on any atom is -0.469 e. The van der Waals surface area contributed by atoms with Crippen LogP contribution >= 0.6 is 0 Å². The molecule has 0 bridgehead atoms. The fourth-order valence-electron chi connectivity index (χ4n) is 3.01. The second-order valence-electron chi connectivity index (χ2n) is 5.96. The molecule has 0 saturated carbocycles. The van der Waals surface area contributed by atoms with E-state index in [9.17, 15) is 4.79 Å². The van der Waals surface area contributed by atoms with Crippen LogP contribution < -0.4 is 5.32 Å². The highest BCUT2D eigenvalue weighted by molar-refractivity contribution is 5.76. The molecule has 1 aromatic heterocycles. The van der Waals surface area contributed by atoms with Crippen LogP contribution in [0.3, 0.4) is 0 Å². The van der Waals surface area contributed by atoms with Gasteiger partial charge in [-0.15, -0.1) is 0 Å². The van der Waals surface area contributed by atoms with Gasteiger partial charge in [0, 0.05) is 32.5 Å². The maximum absolute atomic E-state index is 12.2. The summed E-state index contributed by atoms with van der Waals surface area (Å²) < 4.78 is 10.7. The van der Waals surface area contributed by atoms with Crippen molar-refractivity contribution in [2.24, 2.45) is 0 Å². The molecule has 1 aliphatic heterocycles. The van der Waals surface area contributed by atoms with E-state index in [4.69, 9.17) is 9.15 Å². The first kappa shape index (κ1) is 16.7. The van der Waals surface area contributed by atoms with Crippen molar-refractivity contribution in [3.8, 4) is 0 Å². The minimum atomic E-state index is 0.0561. The van der Waals surface area contributed by atoms with Gasteiger partial charge in [-0.05, 0) is 17.7 Å². The highest BCUT2D eigenvalue weighted by atomic mass is 16.5. The number of rotatable bonds is 7. The number of hydrogen-bond acceptors (Lipinski definition) is 4. The third-order valence-electron chi connectivity index (χ3n) is 4.34. The van der Waals surface area contributed by atoms with Crippen LogP contribution in [0.15, 0.2) is 53.1 Å². The topological polar surface area (TPSA) is 54.7 Å². The Labute approximate surface area is 142 Å². The van der Waals surface area contributed by atoms with Gasteiger partial charge >= 0.3 is 0 Å². The van der Waals surface area contributed by atoms with Gasteiger partial charge in [-0.3, -0.25) is 9.69 Å². The third-order valence-corrected chi connectivity index (χ3v) is 4.34. The fraction of sp³-hybridized carbons (Fsp3) is 0.421. The molecule has 0 radical (unpaired) electrons. The molecule has 5 nitrogen and oxygen atoms in total. The normalized spacial score (nSPS) is 16.7. The average Bonchev–Trinajstić information content (AvgIpc) is 3.16.